The maximum Gasteiger partial charge on any atom is 0.0844 e. The van der Waals surface area contributed by atoms with Gasteiger partial charge in [-0.15, -0.1) is 0 Å². The molecule has 0 unspecified atom stereocenters. The zero-order valence-corrected chi connectivity index (χ0v) is 9.21. The topological polar surface area (TPSA) is 29.5 Å². The van der Waals surface area contributed by atoms with E-state index in [2.05, 4.69) is 13.8 Å². The number of aliphatic hydroxyl groups excluding tert-OH is 1. The molecule has 1 fully saturated rings. The first-order valence-electron chi connectivity index (χ1n) is 5.34. The van der Waals surface area contributed by atoms with Crippen LogP contribution in [0.4, 0.5) is 0 Å². The highest BCUT2D eigenvalue weighted by Gasteiger charge is 2.38. The lowest BCUT2D eigenvalue weighted by Crippen LogP contribution is -2.33. The summed E-state index contributed by atoms with van der Waals surface area (Å²) in [6, 6.07) is 0. The maximum atomic E-state index is 9.83. The Bertz CT molecular complexity index is 167. The molecular weight excluding hydrogens is 164 g/mol. The van der Waals surface area contributed by atoms with Gasteiger partial charge in [0.15, 0.2) is 0 Å². The molecule has 1 heterocycles. The molecule has 1 saturated heterocycles. The first-order valence-corrected chi connectivity index (χ1v) is 5.34. The van der Waals surface area contributed by atoms with E-state index in [0.717, 1.165) is 19.3 Å². The molecule has 2 nitrogen and oxygen atoms in total. The maximum absolute atomic E-state index is 9.83. The van der Waals surface area contributed by atoms with Crippen molar-refractivity contribution >= 4 is 0 Å². The molecule has 0 saturated carbocycles. The lowest BCUT2D eigenvalue weighted by atomic mass is 9.96. The summed E-state index contributed by atoms with van der Waals surface area (Å²) in [7, 11) is 0. The van der Waals surface area contributed by atoms with Crippen LogP contribution in [0.5, 0.6) is 0 Å². The molecule has 0 aromatic rings. The van der Waals surface area contributed by atoms with Crippen LogP contribution >= 0.6 is 0 Å². The minimum Gasteiger partial charge on any atom is -0.390 e. The molecule has 1 aliphatic rings. The summed E-state index contributed by atoms with van der Waals surface area (Å²) in [5, 5.41) is 9.83. The van der Waals surface area contributed by atoms with Crippen molar-refractivity contribution < 1.29 is 9.84 Å². The van der Waals surface area contributed by atoms with E-state index in [4.69, 9.17) is 4.74 Å². The van der Waals surface area contributed by atoms with Gasteiger partial charge >= 0.3 is 0 Å². The molecule has 0 aromatic heterocycles. The number of hydrogen-bond acceptors (Lipinski definition) is 2. The Morgan fingerprint density at radius 1 is 1.54 bits per heavy atom. The van der Waals surface area contributed by atoms with Crippen molar-refractivity contribution in [1.29, 1.82) is 0 Å². The smallest absolute Gasteiger partial charge is 0.0844 e. The van der Waals surface area contributed by atoms with Crippen LogP contribution in [0.25, 0.3) is 0 Å². The Morgan fingerprint density at radius 2 is 2.15 bits per heavy atom. The second kappa shape index (κ2) is 3.97. The average molecular weight is 186 g/mol. The molecule has 1 rings (SSSR count). The summed E-state index contributed by atoms with van der Waals surface area (Å²) in [6.07, 6.45) is 2.88. The molecule has 1 aliphatic heterocycles. The third-order valence-electron chi connectivity index (χ3n) is 3.21. The van der Waals surface area contributed by atoms with Gasteiger partial charge in [0.2, 0.25) is 0 Å². The van der Waals surface area contributed by atoms with Gasteiger partial charge in [-0.2, -0.15) is 0 Å². The van der Waals surface area contributed by atoms with Crippen molar-refractivity contribution in [2.45, 2.75) is 64.8 Å². The van der Waals surface area contributed by atoms with Crippen LogP contribution in [0.1, 0.15) is 47.0 Å². The predicted octanol–water partition coefficient (Wildman–Crippen LogP) is 2.35. The predicted molar refractivity (Wildman–Crippen MR) is 53.6 cm³/mol. The Labute approximate surface area is 81.3 Å². The highest BCUT2D eigenvalue weighted by Crippen LogP contribution is 2.35. The second-order valence-electron chi connectivity index (χ2n) is 4.73. The number of rotatable bonds is 3. The second-order valence-corrected chi connectivity index (χ2v) is 4.73. The van der Waals surface area contributed by atoms with Crippen LogP contribution in [-0.4, -0.2) is 22.9 Å². The fraction of sp³-hybridized carbons (Fsp3) is 1.00. The van der Waals surface area contributed by atoms with Crippen molar-refractivity contribution in [3.8, 4) is 0 Å². The lowest BCUT2D eigenvalue weighted by molar-refractivity contribution is -0.0921. The monoisotopic (exact) mass is 186 g/mol. The minimum absolute atomic E-state index is 0.0144. The van der Waals surface area contributed by atoms with Crippen LogP contribution in [0.3, 0.4) is 0 Å². The Kier molecular flexibility index (Phi) is 3.36. The van der Waals surface area contributed by atoms with Gasteiger partial charge in [-0.25, -0.2) is 0 Å². The summed E-state index contributed by atoms with van der Waals surface area (Å²) in [5.41, 5.74) is 0.0144. The van der Waals surface area contributed by atoms with Crippen molar-refractivity contribution in [3.05, 3.63) is 0 Å². The van der Waals surface area contributed by atoms with Gasteiger partial charge in [0.1, 0.15) is 0 Å². The van der Waals surface area contributed by atoms with Crippen molar-refractivity contribution in [2.75, 3.05) is 0 Å². The number of aliphatic hydroxyl groups is 1. The van der Waals surface area contributed by atoms with E-state index in [-0.39, 0.29) is 17.8 Å². The third kappa shape index (κ3) is 2.44. The van der Waals surface area contributed by atoms with E-state index in [1.807, 2.05) is 13.8 Å². The van der Waals surface area contributed by atoms with Crippen molar-refractivity contribution in [1.82, 2.24) is 0 Å². The van der Waals surface area contributed by atoms with Gasteiger partial charge < -0.3 is 9.84 Å². The first-order chi connectivity index (χ1) is 5.98. The molecule has 0 spiro atoms. The number of ether oxygens (including phenoxy) is 1. The van der Waals surface area contributed by atoms with Crippen LogP contribution in [0, 0.1) is 5.92 Å². The summed E-state index contributed by atoms with van der Waals surface area (Å²) in [6.45, 7) is 8.36. The standard InChI is InChI=1S/C11H22O2/c1-5-11(4)7-6-9(13-11)10(12)8(2)3/h8-10,12H,5-7H2,1-4H3/t9-,10+,11-/m0/s1. The fourth-order valence-electron chi connectivity index (χ4n) is 1.86. The molecule has 2 heteroatoms. The molecule has 0 bridgehead atoms. The molecule has 0 aromatic carbocycles. The summed E-state index contributed by atoms with van der Waals surface area (Å²) in [4.78, 5) is 0. The zero-order valence-electron chi connectivity index (χ0n) is 9.21. The van der Waals surface area contributed by atoms with Crippen LogP contribution in [-0.2, 0) is 4.74 Å². The highest BCUT2D eigenvalue weighted by molar-refractivity contribution is 4.87. The van der Waals surface area contributed by atoms with E-state index in [0.29, 0.717) is 5.92 Å². The van der Waals surface area contributed by atoms with E-state index < -0.39 is 0 Å². The Hall–Kier alpha value is -0.0800. The summed E-state index contributed by atoms with van der Waals surface area (Å²) in [5.74, 6) is 0.296. The van der Waals surface area contributed by atoms with Crippen molar-refractivity contribution in [3.63, 3.8) is 0 Å². The van der Waals surface area contributed by atoms with Crippen LogP contribution < -0.4 is 0 Å². The van der Waals surface area contributed by atoms with Crippen LogP contribution in [0.2, 0.25) is 0 Å². The van der Waals surface area contributed by atoms with E-state index in [1.165, 1.54) is 0 Å². The lowest BCUT2D eigenvalue weighted by Gasteiger charge is -2.26. The van der Waals surface area contributed by atoms with Gasteiger partial charge in [0.25, 0.3) is 0 Å². The molecule has 1 N–H and O–H groups in total. The van der Waals surface area contributed by atoms with Gasteiger partial charge in [0, 0.05) is 0 Å². The molecule has 0 aliphatic carbocycles. The third-order valence-corrected chi connectivity index (χ3v) is 3.21. The Balaban J connectivity index is 2.49. The molecule has 78 valence electrons. The Morgan fingerprint density at radius 3 is 2.54 bits per heavy atom. The fourth-order valence-corrected chi connectivity index (χ4v) is 1.86. The molecule has 13 heavy (non-hydrogen) atoms. The minimum atomic E-state index is -0.298. The van der Waals surface area contributed by atoms with E-state index in [1.54, 1.807) is 0 Å². The molecule has 0 amide bonds. The molecule has 3 atom stereocenters. The zero-order chi connectivity index (χ0) is 10.1. The van der Waals surface area contributed by atoms with Gasteiger partial charge in [0.05, 0.1) is 17.8 Å². The SMILES string of the molecule is CC[C@@]1(C)CC[C@@H]([C@H](O)C(C)C)O1. The quantitative estimate of drug-likeness (QED) is 0.733. The van der Waals surface area contributed by atoms with Gasteiger partial charge in [-0.3, -0.25) is 0 Å². The first kappa shape index (κ1) is 11.0. The van der Waals surface area contributed by atoms with E-state index in [9.17, 15) is 5.11 Å². The normalized spacial score (nSPS) is 36.9. The number of hydrogen-bond donors (Lipinski definition) is 1. The molecular formula is C11H22O2. The molecule has 0 radical (unpaired) electrons. The average Bonchev–Trinajstić information content (AvgIpc) is 2.47. The van der Waals surface area contributed by atoms with Crippen LogP contribution in [0.15, 0.2) is 0 Å². The van der Waals surface area contributed by atoms with Crippen molar-refractivity contribution in [2.24, 2.45) is 5.92 Å². The largest absolute Gasteiger partial charge is 0.390 e. The van der Waals surface area contributed by atoms with Gasteiger partial charge in [-0.1, -0.05) is 20.8 Å². The summed E-state index contributed by atoms with van der Waals surface area (Å²) < 4.78 is 5.87. The van der Waals surface area contributed by atoms with E-state index >= 15 is 0 Å². The summed E-state index contributed by atoms with van der Waals surface area (Å²) >= 11 is 0. The van der Waals surface area contributed by atoms with Gasteiger partial charge in [-0.05, 0) is 32.1 Å². The highest BCUT2D eigenvalue weighted by atomic mass is 16.5.